The van der Waals surface area contributed by atoms with E-state index in [0.29, 0.717) is 11.4 Å². The summed E-state index contributed by atoms with van der Waals surface area (Å²) in [7, 11) is -2.20. The minimum absolute atomic E-state index is 0.124. The Morgan fingerprint density at radius 3 is 2.57 bits per heavy atom. The molecule has 0 aliphatic heterocycles. The van der Waals surface area contributed by atoms with Gasteiger partial charge in [0.1, 0.15) is 0 Å². The number of nitrogens with zero attached hydrogens (tertiary/aromatic N) is 2. The molecule has 21 heavy (non-hydrogen) atoms. The first kappa shape index (κ1) is 15.3. The van der Waals surface area contributed by atoms with Gasteiger partial charge in [-0.05, 0) is 25.1 Å². The van der Waals surface area contributed by atoms with Crippen LogP contribution in [0.1, 0.15) is 16.1 Å². The van der Waals surface area contributed by atoms with Gasteiger partial charge in [0.25, 0.3) is 10.0 Å². The second-order valence-corrected chi connectivity index (χ2v) is 6.44. The van der Waals surface area contributed by atoms with Gasteiger partial charge in [0.15, 0.2) is 0 Å². The Morgan fingerprint density at radius 1 is 1.43 bits per heavy atom. The van der Waals surface area contributed by atoms with Crippen LogP contribution < -0.4 is 4.72 Å². The van der Waals surface area contributed by atoms with Crippen LogP contribution in [0.2, 0.25) is 5.02 Å². The highest BCUT2D eigenvalue weighted by Gasteiger charge is 2.19. The number of hydrogen-bond acceptors (Lipinski definition) is 4. The zero-order valence-electron chi connectivity index (χ0n) is 11.2. The lowest BCUT2D eigenvalue weighted by Gasteiger charge is -2.08. The first-order valence-electron chi connectivity index (χ1n) is 5.76. The van der Waals surface area contributed by atoms with Crippen molar-refractivity contribution in [1.29, 1.82) is 0 Å². The van der Waals surface area contributed by atoms with E-state index in [0.717, 1.165) is 12.1 Å². The number of nitrogens with one attached hydrogen (secondary N) is 1. The molecule has 0 saturated carbocycles. The summed E-state index contributed by atoms with van der Waals surface area (Å²) in [6, 6.07) is 3.43. The van der Waals surface area contributed by atoms with Crippen molar-refractivity contribution in [1.82, 2.24) is 9.78 Å². The van der Waals surface area contributed by atoms with Gasteiger partial charge in [-0.15, -0.1) is 0 Å². The van der Waals surface area contributed by atoms with Crippen molar-refractivity contribution >= 4 is 33.3 Å². The van der Waals surface area contributed by atoms with E-state index in [1.807, 2.05) is 0 Å². The van der Waals surface area contributed by atoms with Crippen LogP contribution in [0.3, 0.4) is 0 Å². The van der Waals surface area contributed by atoms with Gasteiger partial charge in [-0.2, -0.15) is 5.10 Å². The number of anilines is 1. The molecule has 0 amide bonds. The fraction of sp³-hybridized carbons (Fsp3) is 0.167. The van der Waals surface area contributed by atoms with Crippen molar-refractivity contribution in [2.24, 2.45) is 7.05 Å². The highest BCUT2D eigenvalue weighted by molar-refractivity contribution is 7.92. The normalized spacial score (nSPS) is 11.4. The van der Waals surface area contributed by atoms with Gasteiger partial charge < -0.3 is 5.11 Å². The van der Waals surface area contributed by atoms with E-state index in [4.69, 9.17) is 16.7 Å². The predicted molar refractivity (Wildman–Crippen MR) is 77.2 cm³/mol. The number of carboxylic acid groups (broad SMARTS) is 1. The van der Waals surface area contributed by atoms with Crippen LogP contribution in [0.15, 0.2) is 29.3 Å². The Balaban J connectivity index is 2.38. The first-order valence-corrected chi connectivity index (χ1v) is 7.63. The van der Waals surface area contributed by atoms with Crippen molar-refractivity contribution < 1.29 is 18.3 Å². The standard InChI is InChI=1S/C12H12ClN3O4S/c1-7-11(6-16(2)14-7)15-21(19,20)8-3-4-9(12(17)18)10(13)5-8/h3-6,15H,1-2H3,(H,17,18). The summed E-state index contributed by atoms with van der Waals surface area (Å²) in [6.07, 6.45) is 1.53. The van der Waals surface area contributed by atoms with E-state index in [1.165, 1.54) is 16.9 Å². The maximum absolute atomic E-state index is 12.2. The molecular formula is C12H12ClN3O4S. The molecule has 0 bridgehead atoms. The number of aryl methyl sites for hydroxylation is 2. The molecule has 0 unspecified atom stereocenters. The molecule has 1 aromatic heterocycles. The van der Waals surface area contributed by atoms with Gasteiger partial charge in [-0.1, -0.05) is 11.6 Å². The molecule has 1 aromatic carbocycles. The summed E-state index contributed by atoms with van der Waals surface area (Å²) >= 11 is 5.78. The zero-order valence-corrected chi connectivity index (χ0v) is 12.7. The summed E-state index contributed by atoms with van der Waals surface area (Å²) in [5.74, 6) is -1.22. The van der Waals surface area contributed by atoms with Gasteiger partial charge in [-0.25, -0.2) is 13.2 Å². The van der Waals surface area contributed by atoms with E-state index in [1.54, 1.807) is 14.0 Å². The number of rotatable bonds is 4. The number of halogens is 1. The monoisotopic (exact) mass is 329 g/mol. The molecule has 2 aromatic rings. The largest absolute Gasteiger partial charge is 0.478 e. The molecule has 0 aliphatic rings. The van der Waals surface area contributed by atoms with Gasteiger partial charge in [0, 0.05) is 13.2 Å². The highest BCUT2D eigenvalue weighted by Crippen LogP contribution is 2.23. The number of hydrogen-bond donors (Lipinski definition) is 2. The summed E-state index contributed by atoms with van der Waals surface area (Å²) in [5.41, 5.74) is 0.707. The Labute approximate surface area is 126 Å². The van der Waals surface area contributed by atoms with Gasteiger partial charge in [-0.3, -0.25) is 9.40 Å². The van der Waals surface area contributed by atoms with Crippen molar-refractivity contribution in [3.63, 3.8) is 0 Å². The maximum atomic E-state index is 12.2. The number of aromatic carboxylic acids is 1. The van der Waals surface area contributed by atoms with Crippen molar-refractivity contribution in [3.05, 3.63) is 40.7 Å². The molecule has 0 radical (unpaired) electrons. The van der Waals surface area contributed by atoms with Gasteiger partial charge in [0.05, 0.1) is 26.9 Å². The molecule has 0 spiro atoms. The van der Waals surface area contributed by atoms with Crippen LogP contribution in [0.25, 0.3) is 0 Å². The molecule has 0 aliphatic carbocycles. The Kier molecular flexibility index (Phi) is 3.93. The van der Waals surface area contributed by atoms with Crippen LogP contribution in [0, 0.1) is 6.92 Å². The average molecular weight is 330 g/mol. The smallest absolute Gasteiger partial charge is 0.337 e. The van der Waals surface area contributed by atoms with E-state index in [9.17, 15) is 13.2 Å². The molecule has 2 N–H and O–H groups in total. The number of aromatic nitrogens is 2. The SMILES string of the molecule is Cc1nn(C)cc1NS(=O)(=O)c1ccc(C(=O)O)c(Cl)c1. The highest BCUT2D eigenvalue weighted by atomic mass is 35.5. The maximum Gasteiger partial charge on any atom is 0.337 e. The molecule has 0 fully saturated rings. The van der Waals surface area contributed by atoms with E-state index in [2.05, 4.69) is 9.82 Å². The quantitative estimate of drug-likeness (QED) is 0.891. The van der Waals surface area contributed by atoms with E-state index >= 15 is 0 Å². The Bertz CT molecular complexity index is 814. The van der Waals surface area contributed by atoms with E-state index in [-0.39, 0.29) is 15.5 Å². The molecule has 0 saturated heterocycles. The number of benzene rings is 1. The summed E-state index contributed by atoms with van der Waals surface area (Å²) in [4.78, 5) is 10.7. The predicted octanol–water partition coefficient (Wildman–Crippen LogP) is 1.88. The van der Waals surface area contributed by atoms with Crippen LogP contribution in [0.4, 0.5) is 5.69 Å². The lowest BCUT2D eigenvalue weighted by molar-refractivity contribution is 0.0697. The lowest BCUT2D eigenvalue weighted by Crippen LogP contribution is -2.13. The number of sulfonamides is 1. The average Bonchev–Trinajstić information content (AvgIpc) is 2.66. The van der Waals surface area contributed by atoms with Crippen molar-refractivity contribution in [3.8, 4) is 0 Å². The number of carbonyl (C=O) groups is 1. The van der Waals surface area contributed by atoms with Crippen LogP contribution >= 0.6 is 11.6 Å². The van der Waals surface area contributed by atoms with Crippen molar-refractivity contribution in [2.45, 2.75) is 11.8 Å². The molecule has 7 nitrogen and oxygen atoms in total. The van der Waals surface area contributed by atoms with Gasteiger partial charge >= 0.3 is 5.97 Å². The Morgan fingerprint density at radius 2 is 2.10 bits per heavy atom. The van der Waals surface area contributed by atoms with Gasteiger partial charge in [0.2, 0.25) is 0 Å². The second-order valence-electron chi connectivity index (χ2n) is 4.35. The summed E-state index contributed by atoms with van der Waals surface area (Å²) in [5, 5.41) is 12.8. The topological polar surface area (TPSA) is 101 Å². The fourth-order valence-electron chi connectivity index (χ4n) is 1.74. The minimum atomic E-state index is -3.87. The third kappa shape index (κ3) is 3.17. The van der Waals surface area contributed by atoms with E-state index < -0.39 is 16.0 Å². The minimum Gasteiger partial charge on any atom is -0.478 e. The van der Waals surface area contributed by atoms with Crippen LogP contribution in [-0.4, -0.2) is 29.3 Å². The summed E-state index contributed by atoms with van der Waals surface area (Å²) < 4.78 is 28.3. The molecular weight excluding hydrogens is 318 g/mol. The number of carboxylic acids is 1. The third-order valence-corrected chi connectivity index (χ3v) is 4.41. The molecule has 1 heterocycles. The molecule has 0 atom stereocenters. The summed E-state index contributed by atoms with van der Waals surface area (Å²) in [6.45, 7) is 1.67. The lowest BCUT2D eigenvalue weighted by atomic mass is 10.2. The van der Waals surface area contributed by atoms with Crippen LogP contribution in [0.5, 0.6) is 0 Å². The van der Waals surface area contributed by atoms with Crippen LogP contribution in [-0.2, 0) is 17.1 Å². The molecule has 9 heteroatoms. The van der Waals surface area contributed by atoms with Crippen molar-refractivity contribution in [2.75, 3.05) is 4.72 Å². The molecule has 2 rings (SSSR count). The fourth-order valence-corrected chi connectivity index (χ4v) is 3.19. The molecule has 112 valence electrons. The second kappa shape index (κ2) is 5.38. The Hall–Kier alpha value is -2.06. The third-order valence-electron chi connectivity index (χ3n) is 2.74. The zero-order chi connectivity index (χ0) is 15.8. The first-order chi connectivity index (χ1) is 9.70.